The summed E-state index contributed by atoms with van der Waals surface area (Å²) in [5.41, 5.74) is 0. The first-order valence-electron chi connectivity index (χ1n) is 3.22. The standard InChI is InChI=1S/C6H8Cl2OSSi/c1-2-9-11(7,8)6-4-3-5-10-6/h3-5H,2H2,1H3. The first-order valence-corrected chi connectivity index (χ1v) is 8.03. The average molecular weight is 227 g/mol. The minimum atomic E-state index is -2.56. The fourth-order valence-electron chi connectivity index (χ4n) is 0.697. The van der Waals surface area contributed by atoms with Gasteiger partial charge in [0, 0.05) is 11.1 Å². The Labute approximate surface area is 80.4 Å². The fourth-order valence-corrected chi connectivity index (χ4v) is 4.72. The Kier molecular flexibility index (Phi) is 3.40. The minimum Gasteiger partial charge on any atom is -0.389 e. The summed E-state index contributed by atoms with van der Waals surface area (Å²) in [5.74, 6) is 0. The molecule has 0 saturated carbocycles. The van der Waals surface area contributed by atoms with E-state index in [0.717, 1.165) is 4.50 Å². The molecule has 0 unspecified atom stereocenters. The van der Waals surface area contributed by atoms with Crippen LogP contribution < -0.4 is 4.50 Å². The molecule has 0 N–H and O–H groups in total. The molecule has 1 rings (SSSR count). The molecule has 0 fully saturated rings. The number of hydrogen-bond acceptors (Lipinski definition) is 2. The minimum absolute atomic E-state index is 0.567. The maximum atomic E-state index is 6.00. The van der Waals surface area contributed by atoms with E-state index in [1.807, 2.05) is 24.4 Å². The highest BCUT2D eigenvalue weighted by atomic mass is 35.7. The molecule has 1 aromatic heterocycles. The van der Waals surface area contributed by atoms with Gasteiger partial charge in [-0.1, -0.05) is 6.07 Å². The maximum Gasteiger partial charge on any atom is 0.433 e. The highest BCUT2D eigenvalue weighted by Gasteiger charge is 2.34. The number of thiophene rings is 1. The summed E-state index contributed by atoms with van der Waals surface area (Å²) in [6.07, 6.45) is 0. The van der Waals surface area contributed by atoms with Crippen molar-refractivity contribution in [3.63, 3.8) is 0 Å². The van der Waals surface area contributed by atoms with E-state index in [-0.39, 0.29) is 0 Å². The maximum absolute atomic E-state index is 6.00. The van der Waals surface area contributed by atoms with Gasteiger partial charge in [-0.2, -0.15) is 0 Å². The summed E-state index contributed by atoms with van der Waals surface area (Å²) < 4.78 is 6.21. The lowest BCUT2D eigenvalue weighted by molar-refractivity contribution is 0.357. The number of rotatable bonds is 3. The molecule has 11 heavy (non-hydrogen) atoms. The van der Waals surface area contributed by atoms with Crippen molar-refractivity contribution in [1.82, 2.24) is 0 Å². The van der Waals surface area contributed by atoms with Crippen LogP contribution in [-0.4, -0.2) is 13.5 Å². The SMILES string of the molecule is CCO[Si](Cl)(Cl)c1cccs1. The molecule has 0 radical (unpaired) electrons. The van der Waals surface area contributed by atoms with Crippen molar-refractivity contribution in [3.8, 4) is 0 Å². The second kappa shape index (κ2) is 3.91. The van der Waals surface area contributed by atoms with Gasteiger partial charge >= 0.3 is 6.94 Å². The molecule has 0 saturated heterocycles. The van der Waals surface area contributed by atoms with Crippen molar-refractivity contribution in [2.24, 2.45) is 0 Å². The van der Waals surface area contributed by atoms with Gasteiger partial charge < -0.3 is 4.43 Å². The fraction of sp³-hybridized carbons (Fsp3) is 0.333. The first kappa shape index (κ1) is 9.54. The summed E-state index contributed by atoms with van der Waals surface area (Å²) in [7, 11) is 0. The van der Waals surface area contributed by atoms with Crippen molar-refractivity contribution in [1.29, 1.82) is 0 Å². The molecule has 0 aliphatic rings. The predicted molar refractivity (Wildman–Crippen MR) is 53.0 cm³/mol. The van der Waals surface area contributed by atoms with Crippen molar-refractivity contribution in [2.45, 2.75) is 6.92 Å². The molecule has 1 aromatic rings. The van der Waals surface area contributed by atoms with E-state index in [4.69, 9.17) is 26.6 Å². The second-order valence-electron chi connectivity index (χ2n) is 1.93. The molecule has 1 heterocycles. The van der Waals surface area contributed by atoms with Crippen LogP contribution in [0, 0.1) is 0 Å². The van der Waals surface area contributed by atoms with Crippen LogP contribution in [0.25, 0.3) is 0 Å². The number of hydrogen-bond donors (Lipinski definition) is 0. The Bertz CT molecular complexity index is 212. The van der Waals surface area contributed by atoms with Crippen molar-refractivity contribution < 1.29 is 4.43 Å². The summed E-state index contributed by atoms with van der Waals surface area (Å²) >= 11 is 13.5. The average Bonchev–Trinajstić information content (AvgIpc) is 2.37. The van der Waals surface area contributed by atoms with E-state index in [9.17, 15) is 0 Å². The molecule has 1 nitrogen and oxygen atoms in total. The predicted octanol–water partition coefficient (Wildman–Crippen LogP) is 2.41. The van der Waals surface area contributed by atoms with Crippen LogP contribution in [0.3, 0.4) is 0 Å². The molecule has 0 aliphatic heterocycles. The Morgan fingerprint density at radius 1 is 1.64 bits per heavy atom. The van der Waals surface area contributed by atoms with Crippen molar-refractivity contribution in [2.75, 3.05) is 6.61 Å². The smallest absolute Gasteiger partial charge is 0.389 e. The topological polar surface area (TPSA) is 9.23 Å². The van der Waals surface area contributed by atoms with Gasteiger partial charge in [-0.25, -0.2) is 0 Å². The van der Waals surface area contributed by atoms with E-state index in [2.05, 4.69) is 0 Å². The van der Waals surface area contributed by atoms with Crippen LogP contribution >= 0.6 is 33.5 Å². The summed E-state index contributed by atoms with van der Waals surface area (Å²) in [4.78, 5) is 0. The highest BCUT2D eigenvalue weighted by Crippen LogP contribution is 2.18. The van der Waals surface area contributed by atoms with Crippen LogP contribution in [0.1, 0.15) is 6.92 Å². The van der Waals surface area contributed by atoms with Gasteiger partial charge in [0.1, 0.15) is 0 Å². The molecule has 0 aliphatic carbocycles. The Morgan fingerprint density at radius 3 is 2.82 bits per heavy atom. The lowest BCUT2D eigenvalue weighted by Gasteiger charge is -2.13. The molecule has 0 atom stereocenters. The van der Waals surface area contributed by atoms with Gasteiger partial charge in [-0.15, -0.1) is 33.5 Å². The van der Waals surface area contributed by atoms with E-state index in [0.29, 0.717) is 6.61 Å². The van der Waals surface area contributed by atoms with Crippen LogP contribution in [0.15, 0.2) is 17.5 Å². The Morgan fingerprint density at radius 2 is 2.36 bits per heavy atom. The van der Waals surface area contributed by atoms with E-state index >= 15 is 0 Å². The zero-order valence-electron chi connectivity index (χ0n) is 6.01. The Balaban J connectivity index is 2.73. The third-order valence-electron chi connectivity index (χ3n) is 1.13. The molecular formula is C6H8Cl2OSSi. The van der Waals surface area contributed by atoms with Crippen LogP contribution in [0.4, 0.5) is 0 Å². The first-order chi connectivity index (χ1) is 5.17. The van der Waals surface area contributed by atoms with Gasteiger partial charge in [-0.05, 0) is 18.4 Å². The van der Waals surface area contributed by atoms with E-state index in [1.54, 1.807) is 11.3 Å². The summed E-state index contributed by atoms with van der Waals surface area (Å²) in [5, 5.41) is 1.95. The third-order valence-corrected chi connectivity index (χ3v) is 6.97. The molecule has 62 valence electrons. The monoisotopic (exact) mass is 226 g/mol. The lowest BCUT2D eigenvalue weighted by atomic mass is 10.7. The van der Waals surface area contributed by atoms with Crippen LogP contribution in [-0.2, 0) is 4.43 Å². The molecule has 0 bridgehead atoms. The van der Waals surface area contributed by atoms with Gasteiger partial charge in [0.05, 0.1) is 0 Å². The van der Waals surface area contributed by atoms with Gasteiger partial charge in [0.25, 0.3) is 0 Å². The van der Waals surface area contributed by atoms with E-state index in [1.165, 1.54) is 0 Å². The van der Waals surface area contributed by atoms with Crippen molar-refractivity contribution >= 4 is 44.9 Å². The van der Waals surface area contributed by atoms with Crippen LogP contribution in [0.5, 0.6) is 0 Å². The van der Waals surface area contributed by atoms with Crippen molar-refractivity contribution in [3.05, 3.63) is 17.5 Å². The normalized spacial score (nSPS) is 11.9. The number of halogens is 2. The van der Waals surface area contributed by atoms with Gasteiger partial charge in [0.15, 0.2) is 0 Å². The molecule has 0 aromatic carbocycles. The second-order valence-corrected chi connectivity index (χ2v) is 8.87. The molecule has 0 amide bonds. The summed E-state index contributed by atoms with van der Waals surface area (Å²) in [6, 6.07) is 3.83. The molecule has 5 heteroatoms. The Hall–Kier alpha value is 0.457. The highest BCUT2D eigenvalue weighted by molar-refractivity contribution is 7.54. The third kappa shape index (κ3) is 2.45. The molecule has 0 spiro atoms. The largest absolute Gasteiger partial charge is 0.433 e. The van der Waals surface area contributed by atoms with Gasteiger partial charge in [0.2, 0.25) is 0 Å². The van der Waals surface area contributed by atoms with Gasteiger partial charge in [-0.3, -0.25) is 0 Å². The molecular weight excluding hydrogens is 219 g/mol. The lowest BCUT2D eigenvalue weighted by Crippen LogP contribution is -2.37. The zero-order chi connectivity index (χ0) is 8.32. The van der Waals surface area contributed by atoms with E-state index < -0.39 is 6.94 Å². The summed E-state index contributed by atoms with van der Waals surface area (Å²) in [6.45, 7) is -0.109. The quantitative estimate of drug-likeness (QED) is 0.569. The van der Waals surface area contributed by atoms with Crippen LogP contribution in [0.2, 0.25) is 0 Å². The zero-order valence-corrected chi connectivity index (χ0v) is 9.34.